The van der Waals surface area contributed by atoms with Gasteiger partial charge in [-0.1, -0.05) is 81.0 Å². The minimum atomic E-state index is -0.434. The van der Waals surface area contributed by atoms with Crippen molar-refractivity contribution in [3.8, 4) is 11.5 Å². The Morgan fingerprint density at radius 1 is 1.04 bits per heavy atom. The molecule has 3 N–H and O–H groups in total. The Bertz CT molecular complexity index is 1810. The van der Waals surface area contributed by atoms with Gasteiger partial charge in [-0.3, -0.25) is 15.0 Å². The molecular weight excluding hydrogens is 706 g/mol. The number of phenolic OH excluding ortho intramolecular Hbond substituents is 1. The van der Waals surface area contributed by atoms with Crippen molar-refractivity contribution in [3.05, 3.63) is 73.7 Å². The van der Waals surface area contributed by atoms with Crippen molar-refractivity contribution in [2.75, 3.05) is 10.3 Å². The molecule has 49 heavy (non-hydrogen) atoms. The number of aliphatic imine (C=N–C) groups is 1. The lowest BCUT2D eigenvalue weighted by Gasteiger charge is -2.40. The molecule has 12 heteroatoms. The second kappa shape index (κ2) is 13.9. The van der Waals surface area contributed by atoms with Gasteiger partial charge in [0.25, 0.3) is 5.91 Å². The maximum Gasteiger partial charge on any atom is 0.253 e. The molecule has 1 saturated heterocycles. The number of hydrogen-bond donors (Lipinski definition) is 3. The average Bonchev–Trinajstić information content (AvgIpc) is 3.30. The highest BCUT2D eigenvalue weighted by molar-refractivity contribution is 6.42. The first-order valence-corrected chi connectivity index (χ1v) is 17.7. The van der Waals surface area contributed by atoms with Gasteiger partial charge >= 0.3 is 0 Å². The topological polar surface area (TPSA) is 103 Å². The second-order valence-corrected chi connectivity index (χ2v) is 17.0. The quantitative estimate of drug-likeness (QED) is 0.213. The number of hydrazine groups is 1. The fourth-order valence-electron chi connectivity index (χ4n) is 7.05. The predicted molar refractivity (Wildman–Crippen MR) is 200 cm³/mol. The zero-order chi connectivity index (χ0) is 36.1. The Labute approximate surface area is 308 Å². The number of phenols is 1. The van der Waals surface area contributed by atoms with Crippen LogP contribution in [0.25, 0.3) is 0 Å². The Morgan fingerprint density at radius 2 is 1.71 bits per heavy atom. The molecule has 3 aromatic rings. The summed E-state index contributed by atoms with van der Waals surface area (Å²) in [6, 6.07) is 11.8. The lowest BCUT2D eigenvalue weighted by atomic mass is 9.71. The number of benzene rings is 3. The third-order valence-electron chi connectivity index (χ3n) is 8.61. The summed E-state index contributed by atoms with van der Waals surface area (Å²) in [6.07, 6.45) is 2.36. The molecule has 0 aromatic heterocycles. The molecule has 2 heterocycles. The number of aromatic hydroxyl groups is 1. The molecule has 1 fully saturated rings. The van der Waals surface area contributed by atoms with Gasteiger partial charge in [0.2, 0.25) is 5.91 Å². The Hall–Kier alpha value is -3.17. The van der Waals surface area contributed by atoms with Crippen molar-refractivity contribution in [2.24, 2.45) is 10.4 Å². The number of hydrogen-bond acceptors (Lipinski definition) is 5. The molecule has 1 unspecified atom stereocenters. The van der Waals surface area contributed by atoms with Crippen molar-refractivity contribution < 1.29 is 19.4 Å². The van der Waals surface area contributed by atoms with Crippen LogP contribution < -0.4 is 20.5 Å². The smallest absolute Gasteiger partial charge is 0.253 e. The number of fused-ring (bicyclic) bond motifs is 1. The third-order valence-corrected chi connectivity index (χ3v) is 9.73. The van der Waals surface area contributed by atoms with Crippen molar-refractivity contribution >= 4 is 81.1 Å². The van der Waals surface area contributed by atoms with Gasteiger partial charge in [-0.25, -0.2) is 10.0 Å². The summed E-state index contributed by atoms with van der Waals surface area (Å²) >= 11 is 25.1. The minimum absolute atomic E-state index is 0.0129. The summed E-state index contributed by atoms with van der Waals surface area (Å²) < 4.78 is 6.42. The Morgan fingerprint density at radius 3 is 2.37 bits per heavy atom. The number of ether oxygens (including phenoxy) is 1. The second-order valence-electron chi connectivity index (χ2n) is 15.3. The van der Waals surface area contributed by atoms with E-state index in [1.807, 2.05) is 12.1 Å². The first-order valence-electron chi connectivity index (χ1n) is 16.2. The van der Waals surface area contributed by atoms with E-state index in [1.165, 1.54) is 17.1 Å². The predicted octanol–water partition coefficient (Wildman–Crippen LogP) is 10.8. The lowest BCUT2D eigenvalue weighted by Crippen LogP contribution is -2.36. The third kappa shape index (κ3) is 8.77. The van der Waals surface area contributed by atoms with E-state index >= 15 is 0 Å². The maximum absolute atomic E-state index is 13.2. The van der Waals surface area contributed by atoms with Crippen molar-refractivity contribution in [3.63, 3.8) is 0 Å². The van der Waals surface area contributed by atoms with Gasteiger partial charge in [-0.15, -0.1) is 0 Å². The summed E-state index contributed by atoms with van der Waals surface area (Å²) in [5.41, 5.74) is 5.24. The standard InChI is InChI=1S/C37H42Cl4N4O4/c1-35(2,3)19-36(4,5)24-16-30-23(15-29(24)46)20(18-37(6,7)49-30)8-11-32(47)42-22-9-10-25(39)28(14-22)43-31-17-33(48)45(44-31)34-26(40)12-21(38)13-27(34)41/h9-10,12-16,20,46H,8,11,17-19H2,1-7H3,(H,42,47)(H,43,44). The van der Waals surface area contributed by atoms with Crippen LogP contribution in [0, 0.1) is 5.41 Å². The zero-order valence-corrected chi connectivity index (χ0v) is 31.8. The van der Waals surface area contributed by atoms with E-state index in [4.69, 9.17) is 51.1 Å². The van der Waals surface area contributed by atoms with E-state index in [-0.39, 0.29) is 62.9 Å². The molecule has 5 rings (SSSR count). The van der Waals surface area contributed by atoms with Crippen LogP contribution in [0.1, 0.15) is 97.6 Å². The Balaban J connectivity index is 1.28. The van der Waals surface area contributed by atoms with Crippen molar-refractivity contribution in [1.82, 2.24) is 5.43 Å². The van der Waals surface area contributed by atoms with Gasteiger partial charge in [0.15, 0.2) is 0 Å². The van der Waals surface area contributed by atoms with Gasteiger partial charge in [0.1, 0.15) is 28.6 Å². The number of carbonyl (C=O) groups excluding carboxylic acids is 2. The van der Waals surface area contributed by atoms with Gasteiger partial charge in [0, 0.05) is 28.3 Å². The number of halogens is 4. The molecule has 1 atom stereocenters. The largest absolute Gasteiger partial charge is 0.508 e. The summed E-state index contributed by atoms with van der Waals surface area (Å²) in [5, 5.41) is 16.5. The molecule has 0 spiro atoms. The van der Waals surface area contributed by atoms with Gasteiger partial charge < -0.3 is 15.2 Å². The number of nitrogens with zero attached hydrogens (tertiary/aromatic N) is 2. The van der Waals surface area contributed by atoms with Gasteiger partial charge in [-0.05, 0) is 92.3 Å². The van der Waals surface area contributed by atoms with Crippen molar-refractivity contribution in [2.45, 2.75) is 97.5 Å². The van der Waals surface area contributed by atoms with E-state index in [2.05, 4.69) is 64.2 Å². The zero-order valence-electron chi connectivity index (χ0n) is 28.7. The highest BCUT2D eigenvalue weighted by Crippen LogP contribution is 2.49. The number of amidine groups is 1. The van der Waals surface area contributed by atoms with E-state index in [1.54, 1.807) is 18.2 Å². The van der Waals surface area contributed by atoms with Crippen LogP contribution >= 0.6 is 46.4 Å². The van der Waals surface area contributed by atoms with E-state index < -0.39 is 5.60 Å². The minimum Gasteiger partial charge on any atom is -0.508 e. The molecule has 0 bridgehead atoms. The summed E-state index contributed by atoms with van der Waals surface area (Å²) in [5.74, 6) is 0.858. The first-order chi connectivity index (χ1) is 22.7. The molecular formula is C37H42Cl4N4O4. The highest BCUT2D eigenvalue weighted by atomic mass is 35.5. The number of nitrogens with one attached hydrogen (secondary N) is 2. The van der Waals surface area contributed by atoms with Crippen molar-refractivity contribution in [1.29, 1.82) is 0 Å². The average molecular weight is 749 g/mol. The van der Waals surface area contributed by atoms with Crippen LogP contribution in [0.15, 0.2) is 47.5 Å². The molecule has 2 aliphatic heterocycles. The molecule has 2 aliphatic rings. The monoisotopic (exact) mass is 746 g/mol. The summed E-state index contributed by atoms with van der Waals surface area (Å²) in [4.78, 5) is 30.6. The van der Waals surface area contributed by atoms with Gasteiger partial charge in [0.05, 0.1) is 27.2 Å². The Kier molecular flexibility index (Phi) is 10.5. The fourth-order valence-corrected chi connectivity index (χ4v) is 8.20. The summed E-state index contributed by atoms with van der Waals surface area (Å²) in [7, 11) is 0. The van der Waals surface area contributed by atoms with E-state index in [0.717, 1.165) is 23.3 Å². The van der Waals surface area contributed by atoms with E-state index in [9.17, 15) is 14.7 Å². The SMILES string of the molecule is CC(C)(C)CC(C)(C)c1cc2c(cc1O)C(CCC(=O)Nc1ccc(Cl)c(N=C3CC(=O)N(c4c(Cl)cc(Cl)cc4Cl)N3)c1)CC(C)(C)O2. The first kappa shape index (κ1) is 37.1. The molecule has 0 radical (unpaired) electrons. The van der Waals surface area contributed by atoms with Gasteiger partial charge in [-0.2, -0.15) is 0 Å². The highest BCUT2D eigenvalue weighted by Gasteiger charge is 2.37. The number of carbonyl (C=O) groups is 2. The van der Waals surface area contributed by atoms with Crippen LogP contribution in [-0.4, -0.2) is 28.4 Å². The molecule has 0 aliphatic carbocycles. The number of rotatable bonds is 8. The molecule has 3 aromatic carbocycles. The number of anilines is 2. The van der Waals surface area contributed by atoms with Crippen LogP contribution in [-0.2, 0) is 15.0 Å². The lowest BCUT2D eigenvalue weighted by molar-refractivity contribution is -0.117. The molecule has 8 nitrogen and oxygen atoms in total. The molecule has 0 saturated carbocycles. The maximum atomic E-state index is 13.2. The molecule has 2 amide bonds. The normalized spacial score (nSPS) is 18.3. The van der Waals surface area contributed by atoms with Crippen LogP contribution in [0.4, 0.5) is 17.1 Å². The number of amides is 2. The van der Waals surface area contributed by atoms with E-state index in [0.29, 0.717) is 40.1 Å². The van der Waals surface area contributed by atoms with Crippen LogP contribution in [0.5, 0.6) is 11.5 Å². The fraction of sp³-hybridized carbons (Fsp3) is 0.432. The van der Waals surface area contributed by atoms with Crippen LogP contribution in [0.2, 0.25) is 20.1 Å². The molecule has 262 valence electrons. The summed E-state index contributed by atoms with van der Waals surface area (Å²) in [6.45, 7) is 15.0. The van der Waals surface area contributed by atoms with Crippen LogP contribution in [0.3, 0.4) is 0 Å².